The van der Waals surface area contributed by atoms with Gasteiger partial charge in [-0.25, -0.2) is 13.1 Å². The second kappa shape index (κ2) is 6.11. The molecule has 0 spiro atoms. The van der Waals surface area contributed by atoms with Crippen LogP contribution in [0.2, 0.25) is 0 Å². The highest BCUT2D eigenvalue weighted by Gasteiger charge is 2.22. The maximum atomic E-state index is 11.9. The minimum atomic E-state index is -3.47. The number of hydrogen-bond donors (Lipinski definition) is 2. The molecule has 1 unspecified atom stereocenters. The van der Waals surface area contributed by atoms with Crippen LogP contribution in [-0.4, -0.2) is 26.2 Å². The van der Waals surface area contributed by atoms with Gasteiger partial charge in [-0.3, -0.25) is 0 Å². The number of aliphatic hydroxyl groups excluding tert-OH is 1. The molecule has 0 fully saturated rings. The van der Waals surface area contributed by atoms with Crippen LogP contribution in [0.1, 0.15) is 19.8 Å². The second-order valence-corrected chi connectivity index (χ2v) is 6.97. The first-order valence-electron chi connectivity index (χ1n) is 4.87. The molecule has 0 saturated carbocycles. The first-order valence-corrected chi connectivity index (χ1v) is 8.03. The largest absolute Gasteiger partial charge is 0.396 e. The molecule has 4 nitrogen and oxygen atoms in total. The number of nitrogens with one attached hydrogen (secondary N) is 1. The van der Waals surface area contributed by atoms with Gasteiger partial charge in [-0.2, -0.15) is 0 Å². The van der Waals surface area contributed by atoms with Crippen molar-refractivity contribution in [3.05, 3.63) is 15.9 Å². The Hall–Kier alpha value is 0.0500. The van der Waals surface area contributed by atoms with Crippen molar-refractivity contribution in [1.82, 2.24) is 4.72 Å². The summed E-state index contributed by atoms with van der Waals surface area (Å²) in [6.45, 7) is 1.86. The van der Waals surface area contributed by atoms with Gasteiger partial charge in [-0.1, -0.05) is 6.92 Å². The van der Waals surface area contributed by atoms with Crippen molar-refractivity contribution in [2.75, 3.05) is 6.61 Å². The van der Waals surface area contributed by atoms with E-state index in [9.17, 15) is 8.42 Å². The molecule has 0 aliphatic rings. The summed E-state index contributed by atoms with van der Waals surface area (Å²) in [6, 6.07) is 1.48. The maximum absolute atomic E-state index is 11.9. The van der Waals surface area contributed by atoms with Crippen molar-refractivity contribution in [3.8, 4) is 0 Å². The normalized spacial score (nSPS) is 13.9. The van der Waals surface area contributed by atoms with E-state index in [-0.39, 0.29) is 16.9 Å². The SMILES string of the molecule is CCC(CCO)NS(=O)(=O)c1sccc1Br. The lowest BCUT2D eigenvalue weighted by molar-refractivity contribution is 0.270. The van der Waals surface area contributed by atoms with Gasteiger partial charge < -0.3 is 5.11 Å². The quantitative estimate of drug-likeness (QED) is 0.839. The molecule has 1 rings (SSSR count). The number of thiophene rings is 1. The Morgan fingerprint density at radius 2 is 2.31 bits per heavy atom. The number of aliphatic hydroxyl groups is 1. The number of halogens is 1. The fourth-order valence-electron chi connectivity index (χ4n) is 1.25. The lowest BCUT2D eigenvalue weighted by atomic mass is 10.2. The van der Waals surface area contributed by atoms with Gasteiger partial charge in [0.1, 0.15) is 4.21 Å². The van der Waals surface area contributed by atoms with E-state index >= 15 is 0 Å². The zero-order chi connectivity index (χ0) is 12.2. The summed E-state index contributed by atoms with van der Waals surface area (Å²) in [5, 5.41) is 10.5. The molecule has 0 radical (unpaired) electrons. The van der Waals surface area contributed by atoms with Gasteiger partial charge in [0.15, 0.2) is 0 Å². The molecule has 1 heterocycles. The van der Waals surface area contributed by atoms with E-state index in [2.05, 4.69) is 20.7 Å². The predicted octanol–water partition coefficient (Wildman–Crippen LogP) is 1.95. The summed E-state index contributed by atoms with van der Waals surface area (Å²) >= 11 is 4.36. The highest BCUT2D eigenvalue weighted by Crippen LogP contribution is 2.27. The first-order chi connectivity index (χ1) is 7.51. The zero-order valence-electron chi connectivity index (χ0n) is 8.81. The van der Waals surface area contributed by atoms with Gasteiger partial charge in [0.05, 0.1) is 0 Å². The molecule has 0 bridgehead atoms. The second-order valence-electron chi connectivity index (χ2n) is 3.29. The van der Waals surface area contributed by atoms with Crippen LogP contribution in [0.25, 0.3) is 0 Å². The van der Waals surface area contributed by atoms with E-state index in [0.29, 0.717) is 17.3 Å². The topological polar surface area (TPSA) is 66.4 Å². The smallest absolute Gasteiger partial charge is 0.251 e. The van der Waals surface area contributed by atoms with Crippen LogP contribution in [0.15, 0.2) is 20.1 Å². The van der Waals surface area contributed by atoms with Crippen LogP contribution in [0.4, 0.5) is 0 Å². The van der Waals surface area contributed by atoms with Crippen molar-refractivity contribution in [3.63, 3.8) is 0 Å². The van der Waals surface area contributed by atoms with Crippen LogP contribution in [-0.2, 0) is 10.0 Å². The average Bonchev–Trinajstić information content (AvgIpc) is 2.64. The van der Waals surface area contributed by atoms with Crippen LogP contribution in [0.3, 0.4) is 0 Å². The molecule has 1 atom stereocenters. The molecule has 0 saturated heterocycles. The molecule has 1 aromatic heterocycles. The molecule has 0 amide bonds. The number of hydrogen-bond acceptors (Lipinski definition) is 4. The Morgan fingerprint density at radius 3 is 2.75 bits per heavy atom. The summed E-state index contributed by atoms with van der Waals surface area (Å²) in [5.41, 5.74) is 0. The Balaban J connectivity index is 2.83. The van der Waals surface area contributed by atoms with Crippen LogP contribution in [0, 0.1) is 0 Å². The van der Waals surface area contributed by atoms with Gasteiger partial charge >= 0.3 is 0 Å². The van der Waals surface area contributed by atoms with E-state index in [4.69, 9.17) is 5.11 Å². The molecular formula is C9H14BrNO3S2. The van der Waals surface area contributed by atoms with Crippen LogP contribution < -0.4 is 4.72 Å². The van der Waals surface area contributed by atoms with Crippen LogP contribution in [0.5, 0.6) is 0 Å². The Bertz CT molecular complexity index is 430. The summed E-state index contributed by atoms with van der Waals surface area (Å²) in [5.74, 6) is 0. The van der Waals surface area contributed by atoms with Crippen molar-refractivity contribution in [2.45, 2.75) is 30.0 Å². The Morgan fingerprint density at radius 1 is 1.62 bits per heavy atom. The summed E-state index contributed by atoms with van der Waals surface area (Å²) in [4.78, 5) is 0. The molecule has 7 heteroatoms. The summed E-state index contributed by atoms with van der Waals surface area (Å²) in [6.07, 6.45) is 1.08. The lowest BCUT2D eigenvalue weighted by Crippen LogP contribution is -2.34. The molecule has 0 aliphatic heterocycles. The fraction of sp³-hybridized carbons (Fsp3) is 0.556. The third kappa shape index (κ3) is 3.53. The number of rotatable bonds is 6. The summed E-state index contributed by atoms with van der Waals surface area (Å²) < 4.78 is 27.3. The van der Waals surface area contributed by atoms with Crippen molar-refractivity contribution in [1.29, 1.82) is 0 Å². The van der Waals surface area contributed by atoms with Crippen molar-refractivity contribution >= 4 is 37.3 Å². The Kier molecular flexibility index (Phi) is 5.39. The predicted molar refractivity (Wildman–Crippen MR) is 68.1 cm³/mol. The highest BCUT2D eigenvalue weighted by atomic mass is 79.9. The van der Waals surface area contributed by atoms with Gasteiger partial charge in [0, 0.05) is 17.1 Å². The lowest BCUT2D eigenvalue weighted by Gasteiger charge is -2.15. The number of sulfonamides is 1. The van der Waals surface area contributed by atoms with Gasteiger partial charge in [0.2, 0.25) is 0 Å². The van der Waals surface area contributed by atoms with Crippen LogP contribution >= 0.6 is 27.3 Å². The molecule has 2 N–H and O–H groups in total. The van der Waals surface area contributed by atoms with E-state index in [0.717, 1.165) is 0 Å². The molecule has 92 valence electrons. The summed E-state index contributed by atoms with van der Waals surface area (Å²) in [7, 11) is -3.47. The molecule has 0 aliphatic carbocycles. The average molecular weight is 328 g/mol. The first kappa shape index (κ1) is 14.1. The van der Waals surface area contributed by atoms with E-state index in [1.54, 1.807) is 11.4 Å². The van der Waals surface area contributed by atoms with Gasteiger partial charge in [0.25, 0.3) is 10.0 Å². The monoisotopic (exact) mass is 327 g/mol. The minimum Gasteiger partial charge on any atom is -0.396 e. The Labute approximate surface area is 108 Å². The van der Waals surface area contributed by atoms with E-state index in [1.807, 2.05) is 6.92 Å². The molecule has 16 heavy (non-hydrogen) atoms. The van der Waals surface area contributed by atoms with Gasteiger partial charge in [-0.15, -0.1) is 11.3 Å². The molecule has 1 aromatic rings. The van der Waals surface area contributed by atoms with Crippen molar-refractivity contribution in [2.24, 2.45) is 0 Å². The minimum absolute atomic E-state index is 0.0212. The molecule has 0 aromatic carbocycles. The highest BCUT2D eigenvalue weighted by molar-refractivity contribution is 9.10. The fourth-order valence-corrected chi connectivity index (χ4v) is 4.95. The van der Waals surface area contributed by atoms with E-state index < -0.39 is 10.0 Å². The zero-order valence-corrected chi connectivity index (χ0v) is 12.0. The third-order valence-electron chi connectivity index (χ3n) is 2.12. The molecular weight excluding hydrogens is 314 g/mol. The van der Waals surface area contributed by atoms with Crippen molar-refractivity contribution < 1.29 is 13.5 Å². The third-order valence-corrected chi connectivity index (χ3v) is 6.31. The maximum Gasteiger partial charge on any atom is 0.251 e. The van der Waals surface area contributed by atoms with Gasteiger partial charge in [-0.05, 0) is 40.2 Å². The standard InChI is InChI=1S/C9H14BrNO3S2/c1-2-7(3-5-12)11-16(13,14)9-8(10)4-6-15-9/h4,6-7,11-12H,2-3,5H2,1H3. The van der Waals surface area contributed by atoms with E-state index in [1.165, 1.54) is 11.3 Å².